The van der Waals surface area contributed by atoms with Gasteiger partial charge < -0.3 is 14.8 Å². The van der Waals surface area contributed by atoms with Crippen molar-refractivity contribution in [2.24, 2.45) is 0 Å². The van der Waals surface area contributed by atoms with E-state index in [0.717, 1.165) is 11.1 Å². The van der Waals surface area contributed by atoms with Gasteiger partial charge in [0.15, 0.2) is 11.2 Å². The number of carbonyl (C=O) groups is 3. The van der Waals surface area contributed by atoms with Crippen LogP contribution in [0.3, 0.4) is 0 Å². The van der Waals surface area contributed by atoms with E-state index in [0.29, 0.717) is 5.75 Å². The van der Waals surface area contributed by atoms with E-state index in [1.807, 2.05) is 26.0 Å². The quantitative estimate of drug-likeness (QED) is 0.364. The lowest BCUT2D eigenvalue weighted by atomic mass is 10.1. The molecule has 1 aromatic carbocycles. The Morgan fingerprint density at radius 3 is 2.44 bits per heavy atom. The number of hydrogen-bond acceptors (Lipinski definition) is 6. The summed E-state index contributed by atoms with van der Waals surface area (Å²) in [4.78, 5) is 34.9. The van der Waals surface area contributed by atoms with Crippen LogP contribution in [0.2, 0.25) is 0 Å². The van der Waals surface area contributed by atoms with Gasteiger partial charge in [0.2, 0.25) is 5.91 Å². The van der Waals surface area contributed by atoms with Gasteiger partial charge in [-0.05, 0) is 63.2 Å². The van der Waals surface area contributed by atoms with E-state index >= 15 is 0 Å². The first-order valence-electron chi connectivity index (χ1n) is 8.52. The Hall–Kier alpha value is -2.68. The fourth-order valence-corrected chi connectivity index (χ4v) is 2.10. The molecule has 2 amide bonds. The van der Waals surface area contributed by atoms with E-state index in [1.165, 1.54) is 0 Å². The molecule has 8 nitrogen and oxygen atoms in total. The summed E-state index contributed by atoms with van der Waals surface area (Å²) in [5.41, 5.74) is 6.96. The van der Waals surface area contributed by atoms with Gasteiger partial charge in [-0.3, -0.25) is 25.2 Å². The molecule has 0 heterocycles. The van der Waals surface area contributed by atoms with Crippen molar-refractivity contribution in [2.45, 2.75) is 46.6 Å². The summed E-state index contributed by atoms with van der Waals surface area (Å²) in [6.07, 6.45) is -0.891. The highest BCUT2D eigenvalue weighted by atomic mass is 32.1. The highest BCUT2D eigenvalue weighted by Crippen LogP contribution is 2.17. The number of nitrogens with one attached hydrogen (secondary N) is 3. The molecule has 0 fully saturated rings. The number of ether oxygens (including phenoxy) is 2. The van der Waals surface area contributed by atoms with E-state index in [2.05, 4.69) is 16.2 Å². The van der Waals surface area contributed by atoms with Crippen molar-refractivity contribution in [2.75, 3.05) is 6.61 Å². The molecule has 0 aliphatic heterocycles. The van der Waals surface area contributed by atoms with Crippen LogP contribution in [0.5, 0.6) is 5.75 Å². The maximum absolute atomic E-state index is 12.0. The molecular formula is C18H25N3O5S. The molecule has 0 radical (unpaired) electrons. The van der Waals surface area contributed by atoms with Crippen LogP contribution in [0.25, 0.3) is 0 Å². The molecule has 0 aromatic heterocycles. The number of carbonyl (C=O) groups excluding carboxylic acids is 3. The van der Waals surface area contributed by atoms with Crippen LogP contribution in [0, 0.1) is 13.8 Å². The Labute approximate surface area is 164 Å². The van der Waals surface area contributed by atoms with Gasteiger partial charge in [0.05, 0.1) is 13.0 Å². The van der Waals surface area contributed by atoms with Crippen LogP contribution in [0.15, 0.2) is 18.2 Å². The van der Waals surface area contributed by atoms with Gasteiger partial charge in [-0.2, -0.15) is 0 Å². The number of thiocarbonyl (C=S) groups is 1. The minimum Gasteiger partial charge on any atom is -0.481 e. The SMILES string of the molecule is CCOC(=O)CCC(=O)NC(=S)NNC(=O)C(C)Oc1ccc(C)c(C)c1. The Morgan fingerprint density at radius 1 is 1.11 bits per heavy atom. The predicted octanol–water partition coefficient (Wildman–Crippen LogP) is 1.44. The van der Waals surface area contributed by atoms with Crippen LogP contribution in [0.1, 0.15) is 37.8 Å². The van der Waals surface area contributed by atoms with E-state index in [4.69, 9.17) is 21.7 Å². The van der Waals surface area contributed by atoms with Crippen molar-refractivity contribution in [1.29, 1.82) is 0 Å². The summed E-state index contributed by atoms with van der Waals surface area (Å²) in [6.45, 7) is 7.48. The summed E-state index contributed by atoms with van der Waals surface area (Å²) in [5.74, 6) is -0.807. The number of benzene rings is 1. The highest BCUT2D eigenvalue weighted by molar-refractivity contribution is 7.80. The zero-order valence-electron chi connectivity index (χ0n) is 15.9. The summed E-state index contributed by atoms with van der Waals surface area (Å²) in [5, 5.41) is 2.27. The largest absolute Gasteiger partial charge is 0.481 e. The first kappa shape index (κ1) is 22.4. The molecule has 0 aliphatic carbocycles. The molecule has 1 unspecified atom stereocenters. The van der Waals surface area contributed by atoms with Gasteiger partial charge >= 0.3 is 5.97 Å². The Morgan fingerprint density at radius 2 is 1.81 bits per heavy atom. The molecule has 0 saturated heterocycles. The first-order chi connectivity index (χ1) is 12.7. The van der Waals surface area contributed by atoms with Crippen LogP contribution in [-0.2, 0) is 19.1 Å². The Bertz CT molecular complexity index is 708. The minimum absolute atomic E-state index is 0.0461. The molecule has 3 N–H and O–H groups in total. The van der Waals surface area contributed by atoms with Crippen molar-refractivity contribution in [3.8, 4) is 5.75 Å². The molecule has 148 valence electrons. The zero-order valence-corrected chi connectivity index (χ0v) is 16.7. The van der Waals surface area contributed by atoms with E-state index < -0.39 is 23.9 Å². The number of hydrazine groups is 1. The number of rotatable bonds is 7. The lowest BCUT2D eigenvalue weighted by molar-refractivity contribution is -0.144. The molecular weight excluding hydrogens is 370 g/mol. The summed E-state index contributed by atoms with van der Waals surface area (Å²) in [7, 11) is 0. The minimum atomic E-state index is -0.776. The van der Waals surface area contributed by atoms with Crippen LogP contribution in [0.4, 0.5) is 0 Å². The molecule has 0 bridgehead atoms. The number of hydrogen-bond donors (Lipinski definition) is 3. The summed E-state index contributed by atoms with van der Waals surface area (Å²) < 4.78 is 10.3. The fourth-order valence-electron chi connectivity index (χ4n) is 1.93. The lowest BCUT2D eigenvalue weighted by Gasteiger charge is -2.16. The molecule has 1 atom stereocenters. The highest BCUT2D eigenvalue weighted by Gasteiger charge is 2.16. The molecule has 1 rings (SSSR count). The third-order valence-corrected chi connectivity index (χ3v) is 3.78. The maximum Gasteiger partial charge on any atom is 0.306 e. The van der Waals surface area contributed by atoms with Gasteiger partial charge in [-0.25, -0.2) is 0 Å². The van der Waals surface area contributed by atoms with Crippen molar-refractivity contribution in [3.05, 3.63) is 29.3 Å². The topological polar surface area (TPSA) is 106 Å². The normalized spacial score (nSPS) is 11.1. The van der Waals surface area contributed by atoms with Crippen LogP contribution in [-0.4, -0.2) is 35.6 Å². The van der Waals surface area contributed by atoms with Crippen molar-refractivity contribution >= 4 is 35.1 Å². The van der Waals surface area contributed by atoms with Gasteiger partial charge in [-0.1, -0.05) is 6.07 Å². The second-order valence-corrected chi connectivity index (χ2v) is 6.21. The van der Waals surface area contributed by atoms with E-state index in [9.17, 15) is 14.4 Å². The molecule has 0 spiro atoms. The van der Waals surface area contributed by atoms with Gasteiger partial charge in [0.1, 0.15) is 5.75 Å². The third kappa shape index (κ3) is 8.50. The number of aryl methyl sites for hydroxylation is 2. The first-order valence-corrected chi connectivity index (χ1v) is 8.93. The molecule has 27 heavy (non-hydrogen) atoms. The summed E-state index contributed by atoms with van der Waals surface area (Å²) in [6, 6.07) is 5.55. The van der Waals surface area contributed by atoms with Crippen LogP contribution >= 0.6 is 12.2 Å². The molecule has 1 aromatic rings. The average molecular weight is 395 g/mol. The molecule has 0 aliphatic rings. The lowest BCUT2D eigenvalue weighted by Crippen LogP contribution is -2.51. The number of amides is 2. The van der Waals surface area contributed by atoms with Gasteiger partial charge in [0, 0.05) is 6.42 Å². The van der Waals surface area contributed by atoms with E-state index in [1.54, 1.807) is 19.9 Å². The third-order valence-electron chi connectivity index (χ3n) is 3.57. The smallest absolute Gasteiger partial charge is 0.306 e. The monoisotopic (exact) mass is 395 g/mol. The standard InChI is InChI=1S/C18H25N3O5S/c1-5-25-16(23)9-8-15(22)19-18(27)21-20-17(24)13(4)26-14-7-6-11(2)12(3)10-14/h6-7,10,13H,5,8-9H2,1-4H3,(H,20,24)(H2,19,21,22,27). The second-order valence-electron chi connectivity index (χ2n) is 5.80. The number of esters is 1. The van der Waals surface area contributed by atoms with E-state index in [-0.39, 0.29) is 24.6 Å². The Kier molecular flexibility index (Phi) is 9.21. The van der Waals surface area contributed by atoms with Crippen molar-refractivity contribution in [1.82, 2.24) is 16.2 Å². The van der Waals surface area contributed by atoms with Crippen LogP contribution < -0.4 is 20.9 Å². The second kappa shape index (κ2) is 11.1. The fraction of sp³-hybridized carbons (Fsp3) is 0.444. The molecule has 0 saturated carbocycles. The average Bonchev–Trinajstić information content (AvgIpc) is 2.61. The molecule has 9 heteroatoms. The Balaban J connectivity index is 2.35. The summed E-state index contributed by atoms with van der Waals surface area (Å²) >= 11 is 4.91. The van der Waals surface area contributed by atoms with Crippen molar-refractivity contribution < 1.29 is 23.9 Å². The van der Waals surface area contributed by atoms with Gasteiger partial charge in [0.25, 0.3) is 5.91 Å². The van der Waals surface area contributed by atoms with Gasteiger partial charge in [-0.15, -0.1) is 0 Å². The predicted molar refractivity (Wildman–Crippen MR) is 104 cm³/mol. The maximum atomic E-state index is 12.0. The zero-order chi connectivity index (χ0) is 20.4. The van der Waals surface area contributed by atoms with Crippen molar-refractivity contribution in [3.63, 3.8) is 0 Å².